The van der Waals surface area contributed by atoms with Crippen molar-refractivity contribution in [1.29, 1.82) is 0 Å². The van der Waals surface area contributed by atoms with E-state index in [0.29, 0.717) is 22.0 Å². The van der Waals surface area contributed by atoms with Gasteiger partial charge in [0.05, 0.1) is 21.4 Å². The van der Waals surface area contributed by atoms with Crippen LogP contribution in [0.1, 0.15) is 29.7 Å². The minimum absolute atomic E-state index is 0.210. The van der Waals surface area contributed by atoms with Crippen molar-refractivity contribution in [3.8, 4) is 5.69 Å². The molecule has 1 aromatic heterocycles. The molecule has 6 heteroatoms. The van der Waals surface area contributed by atoms with Crippen LogP contribution in [0.15, 0.2) is 42.5 Å². The van der Waals surface area contributed by atoms with Crippen molar-refractivity contribution in [1.82, 2.24) is 9.78 Å². The molecule has 0 atom stereocenters. The van der Waals surface area contributed by atoms with Gasteiger partial charge in [0, 0.05) is 18.5 Å². The summed E-state index contributed by atoms with van der Waals surface area (Å²) in [5.74, 6) is 0.719. The highest BCUT2D eigenvalue weighted by Gasteiger charge is 2.22. The van der Waals surface area contributed by atoms with Crippen molar-refractivity contribution in [2.45, 2.75) is 25.7 Å². The Morgan fingerprint density at radius 1 is 1.08 bits per heavy atom. The molecule has 0 aliphatic carbocycles. The van der Waals surface area contributed by atoms with E-state index in [-0.39, 0.29) is 5.82 Å². The van der Waals surface area contributed by atoms with Crippen LogP contribution in [-0.2, 0) is 12.8 Å². The largest absolute Gasteiger partial charge is 0.370 e. The van der Waals surface area contributed by atoms with Gasteiger partial charge >= 0.3 is 0 Å². The number of nitrogens with one attached hydrogen (secondary N) is 1. The Labute approximate surface area is 161 Å². The second-order valence-corrected chi connectivity index (χ2v) is 7.20. The minimum Gasteiger partial charge on any atom is -0.370 e. The Hall–Kier alpha value is -2.04. The predicted molar refractivity (Wildman–Crippen MR) is 104 cm³/mol. The molecule has 0 spiro atoms. The van der Waals surface area contributed by atoms with Gasteiger partial charge in [-0.2, -0.15) is 5.10 Å². The van der Waals surface area contributed by atoms with Crippen LogP contribution in [0, 0.1) is 5.82 Å². The highest BCUT2D eigenvalue weighted by Crippen LogP contribution is 2.34. The van der Waals surface area contributed by atoms with Gasteiger partial charge in [0.25, 0.3) is 0 Å². The van der Waals surface area contributed by atoms with Gasteiger partial charge in [-0.25, -0.2) is 9.07 Å². The summed E-state index contributed by atoms with van der Waals surface area (Å²) in [4.78, 5) is 0. The average Bonchev–Trinajstić information content (AvgIpc) is 2.81. The molecule has 0 bridgehead atoms. The van der Waals surface area contributed by atoms with Crippen LogP contribution in [0.5, 0.6) is 0 Å². The van der Waals surface area contributed by atoms with Crippen molar-refractivity contribution >= 4 is 29.0 Å². The molecule has 0 unspecified atom stereocenters. The quantitative estimate of drug-likeness (QED) is 0.626. The fourth-order valence-electron chi connectivity index (χ4n) is 3.37. The monoisotopic (exact) mass is 389 g/mol. The van der Waals surface area contributed by atoms with E-state index < -0.39 is 0 Å². The SMILES string of the molecule is Fc1ccccc1Cc1nn(-c2cccc(Cl)c2Cl)c2c1CCCCN2. The van der Waals surface area contributed by atoms with Crippen molar-refractivity contribution in [3.63, 3.8) is 0 Å². The second-order valence-electron chi connectivity index (χ2n) is 6.41. The third-order valence-corrected chi connectivity index (χ3v) is 5.50. The Morgan fingerprint density at radius 3 is 2.77 bits per heavy atom. The molecule has 1 aliphatic heterocycles. The maximum absolute atomic E-state index is 14.1. The first kappa shape index (κ1) is 17.4. The fourth-order valence-corrected chi connectivity index (χ4v) is 3.74. The second kappa shape index (κ2) is 7.29. The van der Waals surface area contributed by atoms with Crippen LogP contribution in [0.4, 0.5) is 10.2 Å². The van der Waals surface area contributed by atoms with E-state index in [1.165, 1.54) is 6.07 Å². The number of hydrogen-bond donors (Lipinski definition) is 1. The van der Waals surface area contributed by atoms with Gasteiger partial charge in [-0.3, -0.25) is 0 Å². The van der Waals surface area contributed by atoms with Gasteiger partial charge in [-0.15, -0.1) is 0 Å². The van der Waals surface area contributed by atoms with Crippen LogP contribution in [0.2, 0.25) is 10.0 Å². The number of anilines is 1. The molecule has 4 rings (SSSR count). The first-order valence-corrected chi connectivity index (χ1v) is 9.43. The maximum Gasteiger partial charge on any atom is 0.133 e. The van der Waals surface area contributed by atoms with Gasteiger partial charge in [0.15, 0.2) is 0 Å². The fraction of sp³-hybridized carbons (Fsp3) is 0.250. The Kier molecular flexibility index (Phi) is 4.88. The molecule has 1 N–H and O–H groups in total. The van der Waals surface area contributed by atoms with E-state index in [2.05, 4.69) is 5.32 Å². The zero-order chi connectivity index (χ0) is 18.1. The van der Waals surface area contributed by atoms with E-state index in [0.717, 1.165) is 48.6 Å². The molecule has 0 saturated carbocycles. The molecule has 0 fully saturated rings. The van der Waals surface area contributed by atoms with E-state index in [1.807, 2.05) is 22.9 Å². The summed E-state index contributed by atoms with van der Waals surface area (Å²) in [7, 11) is 0. The lowest BCUT2D eigenvalue weighted by Crippen LogP contribution is -2.07. The minimum atomic E-state index is -0.210. The normalized spacial score (nSPS) is 13.8. The molecular formula is C20H18Cl2FN3. The number of aromatic nitrogens is 2. The lowest BCUT2D eigenvalue weighted by molar-refractivity contribution is 0.612. The molecule has 0 radical (unpaired) electrons. The lowest BCUT2D eigenvalue weighted by Gasteiger charge is -2.11. The van der Waals surface area contributed by atoms with E-state index >= 15 is 0 Å². The van der Waals surface area contributed by atoms with Gasteiger partial charge in [-0.05, 0) is 43.0 Å². The summed E-state index contributed by atoms with van der Waals surface area (Å²) >= 11 is 12.6. The summed E-state index contributed by atoms with van der Waals surface area (Å²) < 4.78 is 16.0. The van der Waals surface area contributed by atoms with E-state index in [4.69, 9.17) is 28.3 Å². The van der Waals surface area contributed by atoms with Gasteiger partial charge in [0.1, 0.15) is 11.6 Å². The molecule has 2 heterocycles. The molecule has 26 heavy (non-hydrogen) atoms. The van der Waals surface area contributed by atoms with Gasteiger partial charge < -0.3 is 5.32 Å². The van der Waals surface area contributed by atoms with Gasteiger partial charge in [-0.1, -0.05) is 47.5 Å². The molecule has 2 aromatic carbocycles. The van der Waals surface area contributed by atoms with Crippen LogP contribution < -0.4 is 5.32 Å². The Balaban J connectivity index is 1.84. The Bertz CT molecular complexity index is 952. The smallest absolute Gasteiger partial charge is 0.133 e. The van der Waals surface area contributed by atoms with Crippen LogP contribution in [0.3, 0.4) is 0 Å². The zero-order valence-electron chi connectivity index (χ0n) is 14.1. The lowest BCUT2D eigenvalue weighted by atomic mass is 10.0. The summed E-state index contributed by atoms with van der Waals surface area (Å²) in [6.07, 6.45) is 3.50. The molecular weight excluding hydrogens is 372 g/mol. The number of nitrogens with zero attached hydrogens (tertiary/aromatic N) is 2. The first-order valence-electron chi connectivity index (χ1n) is 8.67. The topological polar surface area (TPSA) is 29.9 Å². The zero-order valence-corrected chi connectivity index (χ0v) is 15.6. The third kappa shape index (κ3) is 3.19. The predicted octanol–water partition coefficient (Wildman–Crippen LogP) is 5.66. The third-order valence-electron chi connectivity index (χ3n) is 4.69. The molecule has 3 aromatic rings. The summed E-state index contributed by atoms with van der Waals surface area (Å²) in [5.41, 5.74) is 3.36. The standard InChI is InChI=1S/C20H18Cl2FN3/c21-15-8-5-10-18(19(15)22)26-20-14(7-3-4-11-24-20)17(25-26)12-13-6-1-2-9-16(13)23/h1-2,5-6,8-10,24H,3-4,7,11-12H2. The van der Waals surface area contributed by atoms with Crippen LogP contribution in [0.25, 0.3) is 5.69 Å². The van der Waals surface area contributed by atoms with Gasteiger partial charge in [0.2, 0.25) is 0 Å². The van der Waals surface area contributed by atoms with Crippen molar-refractivity contribution < 1.29 is 4.39 Å². The number of halogens is 3. The number of rotatable bonds is 3. The average molecular weight is 390 g/mol. The number of fused-ring (bicyclic) bond motifs is 1. The van der Waals surface area contributed by atoms with Crippen LogP contribution >= 0.6 is 23.2 Å². The highest BCUT2D eigenvalue weighted by atomic mass is 35.5. The molecule has 0 amide bonds. The maximum atomic E-state index is 14.1. The summed E-state index contributed by atoms with van der Waals surface area (Å²) in [5, 5.41) is 9.20. The molecule has 0 saturated heterocycles. The Morgan fingerprint density at radius 2 is 1.92 bits per heavy atom. The molecule has 134 valence electrons. The molecule has 1 aliphatic rings. The van der Waals surface area contributed by atoms with Crippen molar-refractivity contribution in [2.75, 3.05) is 11.9 Å². The van der Waals surface area contributed by atoms with E-state index in [9.17, 15) is 4.39 Å². The van der Waals surface area contributed by atoms with Crippen molar-refractivity contribution in [2.24, 2.45) is 0 Å². The summed E-state index contributed by atoms with van der Waals surface area (Å²) in [6, 6.07) is 12.3. The van der Waals surface area contributed by atoms with Crippen LogP contribution in [-0.4, -0.2) is 16.3 Å². The first-order chi connectivity index (χ1) is 12.6. The number of benzene rings is 2. The number of hydrogen-bond acceptors (Lipinski definition) is 2. The highest BCUT2D eigenvalue weighted by molar-refractivity contribution is 6.43. The van der Waals surface area contributed by atoms with E-state index in [1.54, 1.807) is 18.2 Å². The molecule has 3 nitrogen and oxygen atoms in total. The summed E-state index contributed by atoms with van der Waals surface area (Å²) in [6.45, 7) is 0.871. The van der Waals surface area contributed by atoms with Crippen molar-refractivity contribution in [3.05, 3.63) is 75.1 Å².